The molecule has 0 aliphatic carbocycles. The van der Waals surface area contributed by atoms with Gasteiger partial charge in [-0.3, -0.25) is 14.4 Å². The normalized spacial score (nSPS) is 12.1. The largest absolute Gasteiger partial charge is 0.462 e. The van der Waals surface area contributed by atoms with Crippen LogP contribution in [0.25, 0.3) is 0 Å². The fourth-order valence-electron chi connectivity index (χ4n) is 11.4. The zero-order valence-corrected chi connectivity index (χ0v) is 55.1. The summed E-state index contributed by atoms with van der Waals surface area (Å²) in [5.74, 6) is -0.855. The minimum Gasteiger partial charge on any atom is -0.462 e. The molecule has 0 saturated carbocycles. The van der Waals surface area contributed by atoms with Crippen LogP contribution in [-0.4, -0.2) is 37.2 Å². The van der Waals surface area contributed by atoms with Crippen LogP contribution in [0.5, 0.6) is 0 Å². The lowest BCUT2D eigenvalue weighted by molar-refractivity contribution is -0.167. The van der Waals surface area contributed by atoms with Crippen LogP contribution >= 0.6 is 0 Å². The van der Waals surface area contributed by atoms with E-state index in [4.69, 9.17) is 14.2 Å². The monoisotopic (exact) mass is 1140 g/mol. The lowest BCUT2D eigenvalue weighted by Crippen LogP contribution is -2.30. The van der Waals surface area contributed by atoms with Crippen LogP contribution in [0.2, 0.25) is 0 Å². The maximum atomic E-state index is 12.9. The Kier molecular flexibility index (Phi) is 68.5. The van der Waals surface area contributed by atoms with Crippen molar-refractivity contribution in [2.45, 2.75) is 425 Å². The summed E-state index contributed by atoms with van der Waals surface area (Å²) >= 11 is 0. The molecule has 0 aromatic carbocycles. The van der Waals surface area contributed by atoms with Crippen molar-refractivity contribution in [3.63, 3.8) is 0 Å². The van der Waals surface area contributed by atoms with Gasteiger partial charge in [0.05, 0.1) is 0 Å². The van der Waals surface area contributed by atoms with Gasteiger partial charge in [0.1, 0.15) is 13.2 Å². The number of unbranched alkanes of at least 4 members (excludes halogenated alkanes) is 54. The lowest BCUT2D eigenvalue weighted by atomic mass is 10.0. The van der Waals surface area contributed by atoms with Gasteiger partial charge >= 0.3 is 17.9 Å². The predicted molar refractivity (Wildman–Crippen MR) is 353 cm³/mol. The fourth-order valence-corrected chi connectivity index (χ4v) is 11.4. The molecular weight excluding hydrogens is 997 g/mol. The lowest BCUT2D eigenvalue weighted by Gasteiger charge is -2.18. The van der Waals surface area contributed by atoms with Gasteiger partial charge in [-0.05, 0) is 44.9 Å². The molecule has 0 N–H and O–H groups in total. The van der Waals surface area contributed by atoms with E-state index in [1.54, 1.807) is 0 Å². The van der Waals surface area contributed by atoms with E-state index in [0.717, 1.165) is 77.0 Å². The Morgan fingerprint density at radius 3 is 0.716 bits per heavy atom. The SMILES string of the molecule is CCCC/C=C\C/C=C\CCCCCCCC(=O)OC(COC(=O)CCCCCCCCCCCCCCCC)COC(=O)CCCCCCCCCCCCCCCCCCCCCCCCCCCCCCCCCCCCC. The van der Waals surface area contributed by atoms with Gasteiger partial charge in [-0.1, -0.05) is 379 Å². The number of allylic oxidation sites excluding steroid dienone is 4. The zero-order chi connectivity index (χ0) is 58.5. The Bertz CT molecular complexity index is 1310. The molecule has 0 saturated heterocycles. The topological polar surface area (TPSA) is 78.9 Å². The van der Waals surface area contributed by atoms with E-state index in [2.05, 4.69) is 45.1 Å². The second-order valence-electron chi connectivity index (χ2n) is 25.2. The van der Waals surface area contributed by atoms with E-state index >= 15 is 0 Å². The van der Waals surface area contributed by atoms with Gasteiger partial charge in [-0.15, -0.1) is 0 Å². The Labute approximate surface area is 506 Å². The van der Waals surface area contributed by atoms with Crippen LogP contribution in [0.15, 0.2) is 24.3 Å². The molecule has 0 fully saturated rings. The first-order valence-electron chi connectivity index (χ1n) is 36.8. The highest BCUT2D eigenvalue weighted by Gasteiger charge is 2.20. The van der Waals surface area contributed by atoms with E-state index in [-0.39, 0.29) is 31.1 Å². The van der Waals surface area contributed by atoms with Crippen LogP contribution < -0.4 is 0 Å². The summed E-state index contributed by atoms with van der Waals surface area (Å²) < 4.78 is 17.0. The molecule has 0 aromatic heterocycles. The molecule has 1 atom stereocenters. The van der Waals surface area contributed by atoms with Crippen molar-refractivity contribution in [3.8, 4) is 0 Å². The van der Waals surface area contributed by atoms with Gasteiger partial charge in [-0.25, -0.2) is 0 Å². The molecule has 0 aliphatic rings. The summed E-state index contributed by atoms with van der Waals surface area (Å²) in [6.07, 6.45) is 86.7. The standard InChI is InChI=1S/C75H142O6/c1-4-7-10-13-16-19-22-25-28-29-30-31-32-33-34-35-36-37-38-39-40-41-42-43-44-45-46-47-48-51-53-56-59-62-65-68-74(77)80-71-72(81-75(78)69-66-63-60-57-54-50-27-24-21-18-15-12-9-6-3)70-79-73(76)67-64-61-58-55-52-49-26-23-20-17-14-11-8-5-2/h15,18,24,27,72H,4-14,16-17,19-23,25-26,28-71H2,1-3H3/b18-15-,27-24-. The molecule has 0 amide bonds. The second-order valence-corrected chi connectivity index (χ2v) is 25.2. The molecule has 0 heterocycles. The van der Waals surface area contributed by atoms with Crippen molar-refractivity contribution in [3.05, 3.63) is 24.3 Å². The first kappa shape index (κ1) is 78.9. The third kappa shape index (κ3) is 68.6. The number of carbonyl (C=O) groups excluding carboxylic acids is 3. The van der Waals surface area contributed by atoms with Gasteiger partial charge in [-0.2, -0.15) is 0 Å². The summed E-state index contributed by atoms with van der Waals surface area (Å²) in [6.45, 7) is 6.66. The average molecular weight is 1140 g/mol. The minimum atomic E-state index is -0.775. The summed E-state index contributed by atoms with van der Waals surface area (Å²) in [5, 5.41) is 0. The third-order valence-electron chi connectivity index (χ3n) is 17.0. The highest BCUT2D eigenvalue weighted by atomic mass is 16.6. The van der Waals surface area contributed by atoms with Crippen molar-refractivity contribution >= 4 is 17.9 Å². The molecular formula is C75H142O6. The average Bonchev–Trinajstić information content (AvgIpc) is 3.47. The van der Waals surface area contributed by atoms with Crippen LogP contribution in [0.1, 0.15) is 419 Å². The fraction of sp³-hybridized carbons (Fsp3) is 0.907. The Balaban J connectivity index is 4.02. The van der Waals surface area contributed by atoms with Crippen molar-refractivity contribution in [2.24, 2.45) is 0 Å². The number of ether oxygens (including phenoxy) is 3. The van der Waals surface area contributed by atoms with Crippen LogP contribution in [-0.2, 0) is 28.6 Å². The number of carbonyl (C=O) groups is 3. The maximum Gasteiger partial charge on any atom is 0.306 e. The summed E-state index contributed by atoms with van der Waals surface area (Å²) in [4.78, 5) is 38.3. The van der Waals surface area contributed by atoms with Gasteiger partial charge in [0, 0.05) is 19.3 Å². The molecule has 0 aromatic rings. The molecule has 0 aliphatic heterocycles. The van der Waals surface area contributed by atoms with Gasteiger partial charge in [0.2, 0.25) is 0 Å². The first-order valence-corrected chi connectivity index (χ1v) is 36.8. The van der Waals surface area contributed by atoms with E-state index in [0.29, 0.717) is 19.3 Å². The molecule has 0 spiro atoms. The van der Waals surface area contributed by atoms with E-state index in [9.17, 15) is 14.4 Å². The van der Waals surface area contributed by atoms with E-state index in [1.165, 1.54) is 302 Å². The molecule has 6 nitrogen and oxygen atoms in total. The highest BCUT2D eigenvalue weighted by Crippen LogP contribution is 2.19. The summed E-state index contributed by atoms with van der Waals surface area (Å²) in [6, 6.07) is 0. The maximum absolute atomic E-state index is 12.9. The Morgan fingerprint density at radius 2 is 0.457 bits per heavy atom. The molecule has 81 heavy (non-hydrogen) atoms. The van der Waals surface area contributed by atoms with Crippen molar-refractivity contribution in [1.82, 2.24) is 0 Å². The van der Waals surface area contributed by atoms with Gasteiger partial charge in [0.15, 0.2) is 6.10 Å². The minimum absolute atomic E-state index is 0.0710. The number of hydrogen-bond donors (Lipinski definition) is 0. The molecule has 0 bridgehead atoms. The number of esters is 3. The molecule has 0 rings (SSSR count). The van der Waals surface area contributed by atoms with Gasteiger partial charge < -0.3 is 14.2 Å². The van der Waals surface area contributed by atoms with Crippen molar-refractivity contribution in [1.29, 1.82) is 0 Å². The molecule has 0 radical (unpaired) electrons. The predicted octanol–water partition coefficient (Wildman–Crippen LogP) is 25.3. The summed E-state index contributed by atoms with van der Waals surface area (Å²) in [5.41, 5.74) is 0. The third-order valence-corrected chi connectivity index (χ3v) is 17.0. The molecule has 6 heteroatoms. The van der Waals surface area contributed by atoms with E-state index in [1.807, 2.05) is 0 Å². The Morgan fingerprint density at radius 1 is 0.247 bits per heavy atom. The van der Waals surface area contributed by atoms with Crippen LogP contribution in [0.4, 0.5) is 0 Å². The van der Waals surface area contributed by atoms with Crippen molar-refractivity contribution in [2.75, 3.05) is 13.2 Å². The quantitative estimate of drug-likeness (QED) is 0.0261. The smallest absolute Gasteiger partial charge is 0.306 e. The van der Waals surface area contributed by atoms with Crippen molar-refractivity contribution < 1.29 is 28.6 Å². The number of hydrogen-bond acceptors (Lipinski definition) is 6. The highest BCUT2D eigenvalue weighted by molar-refractivity contribution is 5.71. The second kappa shape index (κ2) is 70.4. The number of rotatable bonds is 69. The molecule has 478 valence electrons. The van der Waals surface area contributed by atoms with Crippen LogP contribution in [0.3, 0.4) is 0 Å². The Hall–Kier alpha value is -2.11. The zero-order valence-electron chi connectivity index (χ0n) is 55.1. The van der Waals surface area contributed by atoms with E-state index < -0.39 is 6.10 Å². The first-order chi connectivity index (χ1) is 40.0. The van der Waals surface area contributed by atoms with Gasteiger partial charge in [0.25, 0.3) is 0 Å². The summed E-state index contributed by atoms with van der Waals surface area (Å²) in [7, 11) is 0. The van der Waals surface area contributed by atoms with Crippen LogP contribution in [0, 0.1) is 0 Å². The molecule has 1 unspecified atom stereocenters.